The van der Waals surface area contributed by atoms with Gasteiger partial charge in [-0.3, -0.25) is 0 Å². The molecule has 4 aromatic rings. The number of hydrogen-bond donors (Lipinski definition) is 2. The van der Waals surface area contributed by atoms with Crippen LogP contribution in [0.5, 0.6) is 5.75 Å². The minimum atomic E-state index is -0.129. The standard InChI is InChI=1S/C25H25Cl2N5O2/c1-34-23-9-17(15-33)20(11-21(23)26)22-14-32-7-4-19(10-25(32)30-22)31-6-3-18(13-31)29-12-16-2-5-28-24(27)8-16/h2,4-5,7-11,14,18,29,33H,3,6,12-13,15H2,1H3/t18-/m0/s1. The summed E-state index contributed by atoms with van der Waals surface area (Å²) in [7, 11) is 1.56. The molecule has 0 saturated carbocycles. The number of aromatic nitrogens is 3. The summed E-state index contributed by atoms with van der Waals surface area (Å²) >= 11 is 12.3. The Morgan fingerprint density at radius 2 is 2.09 bits per heavy atom. The maximum Gasteiger partial charge on any atom is 0.139 e. The Morgan fingerprint density at radius 1 is 1.21 bits per heavy atom. The SMILES string of the molecule is COc1cc(CO)c(-c2cn3ccc(N4CC[C@H](NCc5ccnc(Cl)c5)C4)cc3n2)cc1Cl. The zero-order chi connectivity index (χ0) is 23.7. The highest BCUT2D eigenvalue weighted by Gasteiger charge is 2.23. The molecule has 1 saturated heterocycles. The van der Waals surface area contributed by atoms with Gasteiger partial charge in [-0.25, -0.2) is 9.97 Å². The van der Waals surface area contributed by atoms with Gasteiger partial charge in [0.15, 0.2) is 0 Å². The highest BCUT2D eigenvalue weighted by atomic mass is 35.5. The molecule has 9 heteroatoms. The van der Waals surface area contributed by atoms with Gasteiger partial charge in [0.05, 0.1) is 24.4 Å². The summed E-state index contributed by atoms with van der Waals surface area (Å²) in [4.78, 5) is 11.2. The molecule has 4 heterocycles. The van der Waals surface area contributed by atoms with Crippen molar-refractivity contribution in [1.82, 2.24) is 19.7 Å². The monoisotopic (exact) mass is 497 g/mol. The van der Waals surface area contributed by atoms with E-state index in [4.69, 9.17) is 32.9 Å². The molecule has 0 spiro atoms. The van der Waals surface area contributed by atoms with E-state index in [2.05, 4.69) is 27.3 Å². The van der Waals surface area contributed by atoms with Crippen LogP contribution in [-0.4, -0.2) is 45.7 Å². The number of anilines is 1. The number of nitrogens with one attached hydrogen (secondary N) is 1. The Balaban J connectivity index is 1.32. The third-order valence-electron chi connectivity index (χ3n) is 6.21. The molecule has 1 aliphatic rings. The van der Waals surface area contributed by atoms with Gasteiger partial charge in [-0.15, -0.1) is 0 Å². The number of imidazole rings is 1. The number of benzene rings is 1. The molecule has 2 N–H and O–H groups in total. The fourth-order valence-corrected chi connectivity index (χ4v) is 4.83. The summed E-state index contributed by atoms with van der Waals surface area (Å²) in [6, 6.07) is 12.0. The van der Waals surface area contributed by atoms with Crippen LogP contribution in [0.15, 0.2) is 55.0 Å². The number of nitrogens with zero attached hydrogens (tertiary/aromatic N) is 4. The number of methoxy groups -OCH3 is 1. The van der Waals surface area contributed by atoms with E-state index < -0.39 is 0 Å². The summed E-state index contributed by atoms with van der Waals surface area (Å²) in [5.41, 5.74) is 5.37. The minimum absolute atomic E-state index is 0.129. The van der Waals surface area contributed by atoms with Crippen LogP contribution in [0.3, 0.4) is 0 Å². The quantitative estimate of drug-likeness (QED) is 0.364. The van der Waals surface area contributed by atoms with E-state index in [0.29, 0.717) is 27.5 Å². The van der Waals surface area contributed by atoms with E-state index >= 15 is 0 Å². The molecule has 0 radical (unpaired) electrons. The third kappa shape index (κ3) is 4.70. The molecule has 3 aromatic heterocycles. The van der Waals surface area contributed by atoms with Gasteiger partial charge < -0.3 is 24.5 Å². The van der Waals surface area contributed by atoms with Crippen molar-refractivity contribution < 1.29 is 9.84 Å². The fraction of sp³-hybridized carbons (Fsp3) is 0.280. The molecule has 1 fully saturated rings. The Bertz CT molecular complexity index is 1330. The van der Waals surface area contributed by atoms with E-state index in [1.165, 1.54) is 0 Å². The second-order valence-electron chi connectivity index (χ2n) is 8.38. The van der Waals surface area contributed by atoms with E-state index in [-0.39, 0.29) is 6.61 Å². The fourth-order valence-electron chi connectivity index (χ4n) is 4.39. The summed E-state index contributed by atoms with van der Waals surface area (Å²) in [6.45, 7) is 2.53. The van der Waals surface area contributed by atoms with Gasteiger partial charge >= 0.3 is 0 Å². The largest absolute Gasteiger partial charge is 0.495 e. The average Bonchev–Trinajstić information content (AvgIpc) is 3.49. The van der Waals surface area contributed by atoms with Crippen molar-refractivity contribution >= 4 is 34.5 Å². The first-order valence-corrected chi connectivity index (χ1v) is 11.8. The number of aliphatic hydroxyl groups excluding tert-OH is 1. The third-order valence-corrected chi connectivity index (χ3v) is 6.71. The lowest BCUT2D eigenvalue weighted by atomic mass is 10.1. The number of pyridine rings is 2. The van der Waals surface area contributed by atoms with Gasteiger partial charge in [-0.1, -0.05) is 23.2 Å². The van der Waals surface area contributed by atoms with Crippen molar-refractivity contribution in [3.63, 3.8) is 0 Å². The molecular formula is C25H25Cl2N5O2. The van der Waals surface area contributed by atoms with Gasteiger partial charge in [-0.05, 0) is 47.9 Å². The molecule has 7 nitrogen and oxygen atoms in total. The molecule has 176 valence electrons. The van der Waals surface area contributed by atoms with Gasteiger partial charge in [0.1, 0.15) is 16.5 Å². The lowest BCUT2D eigenvalue weighted by molar-refractivity contribution is 0.281. The molecule has 1 aliphatic heterocycles. The molecule has 0 aliphatic carbocycles. The summed E-state index contributed by atoms with van der Waals surface area (Å²) in [5.74, 6) is 0.532. The molecule has 1 atom stereocenters. The summed E-state index contributed by atoms with van der Waals surface area (Å²) < 4.78 is 7.26. The number of hydrogen-bond acceptors (Lipinski definition) is 6. The van der Waals surface area contributed by atoms with Crippen LogP contribution in [0.1, 0.15) is 17.5 Å². The number of halogens is 2. The lowest BCUT2D eigenvalue weighted by Gasteiger charge is -2.19. The molecule has 0 amide bonds. The number of aliphatic hydroxyl groups is 1. The molecule has 5 rings (SSSR count). The van der Waals surface area contributed by atoms with Crippen molar-refractivity contribution in [3.05, 3.63) is 76.3 Å². The second kappa shape index (κ2) is 9.80. The summed E-state index contributed by atoms with van der Waals surface area (Å²) in [6.07, 6.45) is 6.76. The van der Waals surface area contributed by atoms with Gasteiger partial charge in [0, 0.05) is 61.6 Å². The zero-order valence-corrected chi connectivity index (χ0v) is 20.2. The zero-order valence-electron chi connectivity index (χ0n) is 18.7. The first-order valence-electron chi connectivity index (χ1n) is 11.1. The van der Waals surface area contributed by atoms with E-state index in [9.17, 15) is 5.11 Å². The van der Waals surface area contributed by atoms with Crippen molar-refractivity contribution in [2.75, 3.05) is 25.1 Å². The van der Waals surface area contributed by atoms with E-state index in [1.807, 2.05) is 28.9 Å². The van der Waals surface area contributed by atoms with Crippen molar-refractivity contribution in [2.45, 2.75) is 25.6 Å². The van der Waals surface area contributed by atoms with E-state index in [1.54, 1.807) is 25.4 Å². The topological polar surface area (TPSA) is 74.9 Å². The van der Waals surface area contributed by atoms with E-state index in [0.717, 1.165) is 54.2 Å². The van der Waals surface area contributed by atoms with Crippen molar-refractivity contribution in [1.29, 1.82) is 0 Å². The van der Waals surface area contributed by atoms with Gasteiger partial charge in [0.25, 0.3) is 0 Å². The van der Waals surface area contributed by atoms with Crippen LogP contribution in [0.2, 0.25) is 10.2 Å². The summed E-state index contributed by atoms with van der Waals surface area (Å²) in [5, 5.41) is 14.5. The van der Waals surface area contributed by atoms with Crippen molar-refractivity contribution in [2.24, 2.45) is 0 Å². The number of ether oxygens (including phenoxy) is 1. The van der Waals surface area contributed by atoms with Crippen LogP contribution in [0.25, 0.3) is 16.9 Å². The lowest BCUT2D eigenvalue weighted by Crippen LogP contribution is -2.32. The minimum Gasteiger partial charge on any atom is -0.495 e. The maximum atomic E-state index is 9.85. The molecule has 1 aromatic carbocycles. The Labute approximate surface area is 207 Å². The normalized spacial score (nSPS) is 15.9. The van der Waals surface area contributed by atoms with Gasteiger partial charge in [-0.2, -0.15) is 0 Å². The van der Waals surface area contributed by atoms with Crippen LogP contribution in [0, 0.1) is 0 Å². The molecule has 34 heavy (non-hydrogen) atoms. The Kier molecular flexibility index (Phi) is 6.61. The van der Waals surface area contributed by atoms with Crippen LogP contribution < -0.4 is 15.0 Å². The predicted octanol–water partition coefficient (Wildman–Crippen LogP) is 4.57. The maximum absolute atomic E-state index is 9.85. The molecule has 0 bridgehead atoms. The first kappa shape index (κ1) is 22.9. The molecule has 0 unspecified atom stereocenters. The van der Waals surface area contributed by atoms with Gasteiger partial charge in [0.2, 0.25) is 0 Å². The second-order valence-corrected chi connectivity index (χ2v) is 9.17. The molecular weight excluding hydrogens is 473 g/mol. The first-order chi connectivity index (χ1) is 16.5. The van der Waals surface area contributed by atoms with Crippen molar-refractivity contribution in [3.8, 4) is 17.0 Å². The van der Waals surface area contributed by atoms with Crippen LogP contribution >= 0.6 is 23.2 Å². The Hall–Kier alpha value is -2.84. The number of rotatable bonds is 7. The highest BCUT2D eigenvalue weighted by Crippen LogP contribution is 2.34. The average molecular weight is 498 g/mol. The predicted molar refractivity (Wildman–Crippen MR) is 135 cm³/mol. The smallest absolute Gasteiger partial charge is 0.139 e. The number of fused-ring (bicyclic) bond motifs is 1. The highest BCUT2D eigenvalue weighted by molar-refractivity contribution is 6.32. The van der Waals surface area contributed by atoms with Crippen LogP contribution in [-0.2, 0) is 13.2 Å². The van der Waals surface area contributed by atoms with Crippen LogP contribution in [0.4, 0.5) is 5.69 Å². The Morgan fingerprint density at radius 3 is 2.88 bits per heavy atom.